The fourth-order valence-electron chi connectivity index (χ4n) is 3.15. The number of piperidine rings is 1. The summed E-state index contributed by atoms with van der Waals surface area (Å²) in [5, 5.41) is 0.624. The molecule has 1 fully saturated rings. The number of ether oxygens (including phenoxy) is 1. The van der Waals surface area contributed by atoms with Crippen molar-refractivity contribution in [1.29, 1.82) is 0 Å². The van der Waals surface area contributed by atoms with E-state index in [1.807, 2.05) is 39.1 Å². The number of hydrogen-bond acceptors (Lipinski definition) is 2. The Hall–Kier alpha value is -1.56. The predicted molar refractivity (Wildman–Crippen MR) is 95.7 cm³/mol. The molecule has 0 saturated carbocycles. The van der Waals surface area contributed by atoms with E-state index in [-0.39, 0.29) is 18.0 Å². The first kappa shape index (κ1) is 17.3. The van der Waals surface area contributed by atoms with Gasteiger partial charge in [-0.2, -0.15) is 0 Å². The number of fused-ring (bicyclic) bond motifs is 1. The van der Waals surface area contributed by atoms with Gasteiger partial charge >= 0.3 is 6.09 Å². The maximum absolute atomic E-state index is 14.2. The van der Waals surface area contributed by atoms with Gasteiger partial charge in [0.1, 0.15) is 11.4 Å². The minimum absolute atomic E-state index is 0.225. The van der Waals surface area contributed by atoms with Crippen LogP contribution in [0.25, 0.3) is 10.9 Å². The standard InChI is InChI=1S/C18H22BrFN2O2/c1-18(2,3)24-17(23)21-9-6-12(7-10-21)22-11-8-13-15(22)5-4-14(19)16(13)20/h4-5,8,11-12H,6-7,9-10H2,1-3H3. The molecule has 1 aromatic heterocycles. The van der Waals surface area contributed by atoms with Crippen molar-refractivity contribution in [3.05, 3.63) is 34.7 Å². The SMILES string of the molecule is CC(C)(C)OC(=O)N1CCC(n2ccc3c(F)c(Br)ccc32)CC1. The Bertz CT molecular complexity index is 758. The molecule has 6 heteroatoms. The summed E-state index contributed by atoms with van der Waals surface area (Å²) in [6.07, 6.45) is 3.35. The predicted octanol–water partition coefficient (Wildman–Crippen LogP) is 5.11. The van der Waals surface area contributed by atoms with Gasteiger partial charge in [-0.1, -0.05) is 0 Å². The van der Waals surface area contributed by atoms with E-state index in [1.165, 1.54) is 0 Å². The summed E-state index contributed by atoms with van der Waals surface area (Å²) in [5.41, 5.74) is 0.418. The maximum Gasteiger partial charge on any atom is 0.410 e. The van der Waals surface area contributed by atoms with E-state index in [9.17, 15) is 9.18 Å². The van der Waals surface area contributed by atoms with E-state index in [0.717, 1.165) is 18.4 Å². The molecule has 1 aliphatic rings. The number of rotatable bonds is 1. The molecule has 130 valence electrons. The van der Waals surface area contributed by atoms with Crippen molar-refractivity contribution in [2.24, 2.45) is 0 Å². The Morgan fingerprint density at radius 2 is 1.92 bits per heavy atom. The lowest BCUT2D eigenvalue weighted by Crippen LogP contribution is -2.42. The van der Waals surface area contributed by atoms with Gasteiger partial charge in [0.25, 0.3) is 0 Å². The van der Waals surface area contributed by atoms with E-state index in [0.29, 0.717) is 22.9 Å². The van der Waals surface area contributed by atoms with Gasteiger partial charge in [0, 0.05) is 30.7 Å². The van der Waals surface area contributed by atoms with Gasteiger partial charge in [-0.15, -0.1) is 0 Å². The molecular formula is C18H22BrFN2O2. The summed E-state index contributed by atoms with van der Waals surface area (Å²) >= 11 is 3.23. The lowest BCUT2D eigenvalue weighted by atomic mass is 10.0. The summed E-state index contributed by atoms with van der Waals surface area (Å²) in [4.78, 5) is 13.9. The fourth-order valence-corrected chi connectivity index (χ4v) is 3.49. The van der Waals surface area contributed by atoms with Crippen molar-refractivity contribution >= 4 is 32.9 Å². The van der Waals surface area contributed by atoms with Crippen LogP contribution in [0.15, 0.2) is 28.9 Å². The van der Waals surface area contributed by atoms with Gasteiger partial charge in [-0.3, -0.25) is 0 Å². The topological polar surface area (TPSA) is 34.5 Å². The molecule has 0 unspecified atom stereocenters. The van der Waals surface area contributed by atoms with E-state index in [4.69, 9.17) is 4.74 Å². The Kier molecular flexibility index (Phi) is 4.60. The Balaban J connectivity index is 1.71. The van der Waals surface area contributed by atoms with Crippen LogP contribution in [0.1, 0.15) is 39.7 Å². The number of aromatic nitrogens is 1. The normalized spacial score (nSPS) is 16.6. The van der Waals surface area contributed by atoms with Crippen molar-refractivity contribution in [1.82, 2.24) is 9.47 Å². The summed E-state index contributed by atoms with van der Waals surface area (Å²) in [6, 6.07) is 5.75. The van der Waals surface area contributed by atoms with Crippen molar-refractivity contribution in [2.45, 2.75) is 45.3 Å². The third kappa shape index (κ3) is 3.43. The molecule has 4 nitrogen and oxygen atoms in total. The minimum Gasteiger partial charge on any atom is -0.444 e. The van der Waals surface area contributed by atoms with Gasteiger partial charge in [-0.25, -0.2) is 9.18 Å². The van der Waals surface area contributed by atoms with Crippen molar-refractivity contribution in [2.75, 3.05) is 13.1 Å². The summed E-state index contributed by atoms with van der Waals surface area (Å²) < 4.78 is 22.2. The number of carbonyl (C=O) groups is 1. The maximum atomic E-state index is 14.2. The molecule has 0 spiro atoms. The van der Waals surface area contributed by atoms with E-state index in [2.05, 4.69) is 20.5 Å². The molecule has 0 radical (unpaired) electrons. The second-order valence-electron chi connectivity index (χ2n) is 7.22. The number of likely N-dealkylation sites (tertiary alicyclic amines) is 1. The van der Waals surface area contributed by atoms with Crippen molar-refractivity contribution in [3.8, 4) is 0 Å². The fraction of sp³-hybridized carbons (Fsp3) is 0.500. The smallest absolute Gasteiger partial charge is 0.410 e. The number of amides is 1. The van der Waals surface area contributed by atoms with Crippen LogP contribution in [-0.2, 0) is 4.74 Å². The third-order valence-electron chi connectivity index (χ3n) is 4.30. The van der Waals surface area contributed by atoms with E-state index < -0.39 is 5.60 Å². The van der Waals surface area contributed by atoms with Crippen LogP contribution < -0.4 is 0 Å². The monoisotopic (exact) mass is 396 g/mol. The van der Waals surface area contributed by atoms with Gasteiger partial charge in [0.15, 0.2) is 0 Å². The number of nitrogens with zero attached hydrogens (tertiary/aromatic N) is 2. The highest BCUT2D eigenvalue weighted by Gasteiger charge is 2.28. The zero-order valence-corrected chi connectivity index (χ0v) is 15.8. The van der Waals surface area contributed by atoms with E-state index >= 15 is 0 Å². The average Bonchev–Trinajstić information content (AvgIpc) is 2.94. The molecule has 3 rings (SSSR count). The van der Waals surface area contributed by atoms with Crippen molar-refractivity contribution < 1.29 is 13.9 Å². The second kappa shape index (κ2) is 6.39. The molecule has 2 aromatic rings. The molecule has 1 aromatic carbocycles. The summed E-state index contributed by atoms with van der Waals surface area (Å²) in [6.45, 7) is 6.92. The molecule has 1 saturated heterocycles. The van der Waals surface area contributed by atoms with Gasteiger partial charge < -0.3 is 14.2 Å². The lowest BCUT2D eigenvalue weighted by molar-refractivity contribution is 0.0190. The van der Waals surface area contributed by atoms with Gasteiger partial charge in [-0.05, 0) is 67.7 Å². The molecule has 0 bridgehead atoms. The number of benzene rings is 1. The highest BCUT2D eigenvalue weighted by Crippen LogP contribution is 2.31. The average molecular weight is 397 g/mol. The van der Waals surface area contributed by atoms with Gasteiger partial charge in [0.2, 0.25) is 0 Å². The number of hydrogen-bond donors (Lipinski definition) is 0. The number of halogens is 2. The first-order valence-corrected chi connectivity index (χ1v) is 8.98. The summed E-state index contributed by atoms with van der Waals surface area (Å²) in [7, 11) is 0. The van der Waals surface area contributed by atoms with Crippen LogP contribution in [0.5, 0.6) is 0 Å². The Labute approximate surface area is 149 Å². The second-order valence-corrected chi connectivity index (χ2v) is 8.07. The molecule has 24 heavy (non-hydrogen) atoms. The highest BCUT2D eigenvalue weighted by atomic mass is 79.9. The zero-order chi connectivity index (χ0) is 17.5. The van der Waals surface area contributed by atoms with Crippen LogP contribution >= 0.6 is 15.9 Å². The Morgan fingerprint density at radius 1 is 1.25 bits per heavy atom. The van der Waals surface area contributed by atoms with Crippen LogP contribution in [0.2, 0.25) is 0 Å². The Morgan fingerprint density at radius 3 is 2.54 bits per heavy atom. The first-order chi connectivity index (χ1) is 11.3. The van der Waals surface area contributed by atoms with Crippen LogP contribution in [-0.4, -0.2) is 34.3 Å². The molecular weight excluding hydrogens is 375 g/mol. The largest absolute Gasteiger partial charge is 0.444 e. The molecule has 0 aliphatic carbocycles. The van der Waals surface area contributed by atoms with Crippen molar-refractivity contribution in [3.63, 3.8) is 0 Å². The van der Waals surface area contributed by atoms with Gasteiger partial charge in [0.05, 0.1) is 9.99 Å². The highest BCUT2D eigenvalue weighted by molar-refractivity contribution is 9.10. The summed E-state index contributed by atoms with van der Waals surface area (Å²) in [5.74, 6) is -0.225. The van der Waals surface area contributed by atoms with Crippen LogP contribution in [0.3, 0.4) is 0 Å². The lowest BCUT2D eigenvalue weighted by Gasteiger charge is -2.34. The first-order valence-electron chi connectivity index (χ1n) is 8.19. The molecule has 0 N–H and O–H groups in total. The molecule has 0 atom stereocenters. The quantitative estimate of drug-likeness (QED) is 0.670. The third-order valence-corrected chi connectivity index (χ3v) is 4.91. The zero-order valence-electron chi connectivity index (χ0n) is 14.2. The molecule has 1 amide bonds. The molecule has 2 heterocycles. The van der Waals surface area contributed by atoms with E-state index in [1.54, 1.807) is 11.0 Å². The minimum atomic E-state index is -0.477. The van der Waals surface area contributed by atoms with Crippen LogP contribution in [0, 0.1) is 5.82 Å². The molecule has 1 aliphatic heterocycles. The van der Waals surface area contributed by atoms with Crippen LogP contribution in [0.4, 0.5) is 9.18 Å². The number of carbonyl (C=O) groups excluding carboxylic acids is 1.